The standard InChI is InChI=1S/C19H23N5O2/c1-11-4-3-5-14(8-11)18(26)21-16-10-15(13-6-7-13)23-24(16)19-20-12(2)9-17(25)22-19/h3-5,8,10,12-13,19-20H,6-7,9H2,1-2H3,(H,21,26)(H,22,25). The van der Waals surface area contributed by atoms with E-state index in [4.69, 9.17) is 0 Å². The molecule has 0 radical (unpaired) electrons. The molecule has 26 heavy (non-hydrogen) atoms. The zero-order valence-corrected chi connectivity index (χ0v) is 15.0. The third-order valence-corrected chi connectivity index (χ3v) is 4.75. The number of aryl methyl sites for hydroxylation is 1. The lowest BCUT2D eigenvalue weighted by Gasteiger charge is -2.30. The number of anilines is 1. The van der Waals surface area contributed by atoms with Crippen molar-refractivity contribution in [2.24, 2.45) is 0 Å². The molecule has 2 amide bonds. The van der Waals surface area contributed by atoms with E-state index in [9.17, 15) is 9.59 Å². The highest BCUT2D eigenvalue weighted by molar-refractivity contribution is 6.04. The van der Waals surface area contributed by atoms with Crippen LogP contribution in [0.25, 0.3) is 0 Å². The summed E-state index contributed by atoms with van der Waals surface area (Å²) in [6.07, 6.45) is 2.19. The third-order valence-electron chi connectivity index (χ3n) is 4.75. The topological polar surface area (TPSA) is 88.1 Å². The molecule has 0 bridgehead atoms. The predicted molar refractivity (Wildman–Crippen MR) is 97.7 cm³/mol. The van der Waals surface area contributed by atoms with Gasteiger partial charge >= 0.3 is 0 Å². The van der Waals surface area contributed by atoms with E-state index in [0.29, 0.717) is 23.7 Å². The number of amides is 2. The Kier molecular flexibility index (Phi) is 4.24. The number of carbonyl (C=O) groups excluding carboxylic acids is 2. The van der Waals surface area contributed by atoms with Crippen molar-refractivity contribution in [1.82, 2.24) is 20.4 Å². The fourth-order valence-electron chi connectivity index (χ4n) is 3.25. The summed E-state index contributed by atoms with van der Waals surface area (Å²) >= 11 is 0. The van der Waals surface area contributed by atoms with E-state index >= 15 is 0 Å². The summed E-state index contributed by atoms with van der Waals surface area (Å²) in [5.41, 5.74) is 2.58. The molecule has 2 aromatic rings. The number of hydrogen-bond acceptors (Lipinski definition) is 4. The van der Waals surface area contributed by atoms with Crippen LogP contribution >= 0.6 is 0 Å². The van der Waals surface area contributed by atoms with E-state index in [1.807, 2.05) is 38.1 Å². The van der Waals surface area contributed by atoms with E-state index in [1.54, 1.807) is 10.7 Å². The van der Waals surface area contributed by atoms with Crippen molar-refractivity contribution >= 4 is 17.6 Å². The van der Waals surface area contributed by atoms with Gasteiger partial charge in [0.2, 0.25) is 5.91 Å². The van der Waals surface area contributed by atoms with Gasteiger partial charge in [0.05, 0.1) is 5.69 Å². The lowest BCUT2D eigenvalue weighted by Crippen LogP contribution is -2.52. The first-order valence-electron chi connectivity index (χ1n) is 9.02. The van der Waals surface area contributed by atoms with Crippen molar-refractivity contribution in [3.05, 3.63) is 47.2 Å². The fourth-order valence-corrected chi connectivity index (χ4v) is 3.25. The van der Waals surface area contributed by atoms with Crippen LogP contribution in [0.5, 0.6) is 0 Å². The van der Waals surface area contributed by atoms with Crippen molar-refractivity contribution in [3.63, 3.8) is 0 Å². The highest BCUT2D eigenvalue weighted by atomic mass is 16.2. The second-order valence-corrected chi connectivity index (χ2v) is 7.24. The zero-order valence-electron chi connectivity index (χ0n) is 15.0. The van der Waals surface area contributed by atoms with Crippen LogP contribution in [0, 0.1) is 6.92 Å². The van der Waals surface area contributed by atoms with E-state index in [-0.39, 0.29) is 17.9 Å². The van der Waals surface area contributed by atoms with Crippen LogP contribution in [0.3, 0.4) is 0 Å². The van der Waals surface area contributed by atoms with Crippen molar-refractivity contribution in [2.75, 3.05) is 5.32 Å². The summed E-state index contributed by atoms with van der Waals surface area (Å²) in [5.74, 6) is 0.820. The molecule has 2 heterocycles. The highest BCUT2D eigenvalue weighted by Crippen LogP contribution is 2.40. The summed E-state index contributed by atoms with van der Waals surface area (Å²) in [7, 11) is 0. The maximum atomic E-state index is 12.7. The molecule has 1 saturated heterocycles. The average Bonchev–Trinajstić information content (AvgIpc) is 3.35. The molecule has 136 valence electrons. The molecule has 1 aliphatic heterocycles. The quantitative estimate of drug-likeness (QED) is 0.787. The van der Waals surface area contributed by atoms with E-state index in [2.05, 4.69) is 21.0 Å². The Labute approximate surface area is 152 Å². The number of nitrogens with zero attached hydrogens (tertiary/aromatic N) is 2. The predicted octanol–water partition coefficient (Wildman–Crippen LogP) is 2.28. The fraction of sp³-hybridized carbons (Fsp3) is 0.421. The minimum atomic E-state index is -0.466. The average molecular weight is 353 g/mol. The number of benzene rings is 1. The molecular formula is C19H23N5O2. The first-order valence-corrected chi connectivity index (χ1v) is 9.02. The Hall–Kier alpha value is -2.67. The molecular weight excluding hydrogens is 330 g/mol. The van der Waals surface area contributed by atoms with Gasteiger partial charge in [0, 0.05) is 30.0 Å². The maximum absolute atomic E-state index is 12.7. The van der Waals surface area contributed by atoms with Crippen molar-refractivity contribution in [2.45, 2.75) is 51.4 Å². The molecule has 1 aromatic heterocycles. The molecule has 2 unspecified atom stereocenters. The lowest BCUT2D eigenvalue weighted by molar-refractivity contribution is -0.125. The summed E-state index contributed by atoms with van der Waals surface area (Å²) in [6.45, 7) is 3.91. The number of carbonyl (C=O) groups is 2. The summed E-state index contributed by atoms with van der Waals surface area (Å²) < 4.78 is 1.68. The lowest BCUT2D eigenvalue weighted by atomic mass is 10.1. The van der Waals surface area contributed by atoms with Crippen LogP contribution in [0.1, 0.15) is 60.0 Å². The van der Waals surface area contributed by atoms with Gasteiger partial charge in [-0.15, -0.1) is 0 Å². The minimum absolute atomic E-state index is 0.0271. The van der Waals surface area contributed by atoms with Gasteiger partial charge in [-0.05, 0) is 38.8 Å². The largest absolute Gasteiger partial charge is 0.322 e. The first kappa shape index (κ1) is 16.8. The van der Waals surface area contributed by atoms with Crippen LogP contribution in [-0.4, -0.2) is 27.6 Å². The Morgan fingerprint density at radius 1 is 1.31 bits per heavy atom. The van der Waals surface area contributed by atoms with Gasteiger partial charge in [0.25, 0.3) is 5.91 Å². The molecule has 4 rings (SSSR count). The first-order chi connectivity index (χ1) is 12.5. The van der Waals surface area contributed by atoms with Crippen molar-refractivity contribution in [1.29, 1.82) is 0 Å². The molecule has 1 saturated carbocycles. The molecule has 2 atom stereocenters. The van der Waals surface area contributed by atoms with Crippen LogP contribution in [0.4, 0.5) is 5.82 Å². The number of rotatable bonds is 4. The Balaban J connectivity index is 1.62. The van der Waals surface area contributed by atoms with Crippen LogP contribution in [-0.2, 0) is 4.79 Å². The van der Waals surface area contributed by atoms with Gasteiger partial charge in [-0.2, -0.15) is 5.10 Å². The second-order valence-electron chi connectivity index (χ2n) is 7.24. The van der Waals surface area contributed by atoms with Crippen LogP contribution < -0.4 is 16.0 Å². The number of aromatic nitrogens is 2. The van der Waals surface area contributed by atoms with Crippen molar-refractivity contribution in [3.8, 4) is 0 Å². The molecule has 7 heteroatoms. The summed E-state index contributed by atoms with van der Waals surface area (Å²) in [4.78, 5) is 24.6. The third kappa shape index (κ3) is 3.48. The smallest absolute Gasteiger partial charge is 0.256 e. The maximum Gasteiger partial charge on any atom is 0.256 e. The molecule has 7 nitrogen and oxygen atoms in total. The number of hydrogen-bond donors (Lipinski definition) is 3. The van der Waals surface area contributed by atoms with Gasteiger partial charge in [0.1, 0.15) is 5.82 Å². The normalized spacial score (nSPS) is 22.8. The Morgan fingerprint density at radius 3 is 2.81 bits per heavy atom. The van der Waals surface area contributed by atoms with Crippen molar-refractivity contribution < 1.29 is 9.59 Å². The van der Waals surface area contributed by atoms with E-state index < -0.39 is 6.29 Å². The van der Waals surface area contributed by atoms with Crippen LogP contribution in [0.2, 0.25) is 0 Å². The Morgan fingerprint density at radius 2 is 2.12 bits per heavy atom. The molecule has 3 N–H and O–H groups in total. The van der Waals surface area contributed by atoms with Gasteiger partial charge in [-0.25, -0.2) is 4.68 Å². The molecule has 2 fully saturated rings. The summed E-state index contributed by atoms with van der Waals surface area (Å²) in [5, 5.41) is 13.8. The van der Waals surface area contributed by atoms with E-state index in [1.165, 1.54) is 0 Å². The second kappa shape index (κ2) is 6.57. The highest BCUT2D eigenvalue weighted by Gasteiger charge is 2.31. The molecule has 1 aliphatic carbocycles. The van der Waals surface area contributed by atoms with Gasteiger partial charge in [-0.1, -0.05) is 17.7 Å². The van der Waals surface area contributed by atoms with E-state index in [0.717, 1.165) is 24.1 Å². The SMILES string of the molecule is Cc1cccc(C(=O)Nc2cc(C3CC3)nn2C2NC(=O)CC(C)N2)c1. The van der Waals surface area contributed by atoms with Gasteiger partial charge in [0.15, 0.2) is 6.29 Å². The minimum Gasteiger partial charge on any atom is -0.322 e. The van der Waals surface area contributed by atoms with Crippen LogP contribution in [0.15, 0.2) is 30.3 Å². The monoisotopic (exact) mass is 353 g/mol. The Bertz CT molecular complexity index is 855. The zero-order chi connectivity index (χ0) is 18.3. The van der Waals surface area contributed by atoms with Gasteiger partial charge < -0.3 is 10.6 Å². The molecule has 2 aliphatic rings. The molecule has 0 spiro atoms. The van der Waals surface area contributed by atoms with Gasteiger partial charge in [-0.3, -0.25) is 14.9 Å². The molecule has 1 aromatic carbocycles. The summed E-state index contributed by atoms with van der Waals surface area (Å²) in [6, 6.07) is 9.41. The number of nitrogens with one attached hydrogen (secondary N) is 3.